The third-order valence-corrected chi connectivity index (χ3v) is 8.87. The Labute approximate surface area is 220 Å². The fourth-order valence-electron chi connectivity index (χ4n) is 6.30. The van der Waals surface area contributed by atoms with Gasteiger partial charge in [0, 0.05) is 19.4 Å². The van der Waals surface area contributed by atoms with Gasteiger partial charge in [-0.3, -0.25) is 19.1 Å². The van der Waals surface area contributed by atoms with Crippen molar-refractivity contribution in [3.8, 4) is 0 Å². The van der Waals surface area contributed by atoms with Gasteiger partial charge in [0.25, 0.3) is 0 Å². The molecule has 0 amide bonds. The zero-order chi connectivity index (χ0) is 27.7. The lowest BCUT2D eigenvalue weighted by Crippen LogP contribution is -2.63. The van der Waals surface area contributed by atoms with Gasteiger partial charge in [-0.2, -0.15) is 0 Å². The highest BCUT2D eigenvalue weighted by molar-refractivity contribution is 5.72. The van der Waals surface area contributed by atoms with Gasteiger partial charge >= 0.3 is 17.9 Å². The molecule has 37 heavy (non-hydrogen) atoms. The molecular formula is C29H42O8. The van der Waals surface area contributed by atoms with E-state index in [0.29, 0.717) is 31.3 Å². The number of allylic oxidation sites excluding steroid dienone is 3. The quantitative estimate of drug-likeness (QED) is 0.215. The Balaban J connectivity index is 2.21. The molecule has 2 fully saturated rings. The van der Waals surface area contributed by atoms with Crippen LogP contribution < -0.4 is 0 Å². The number of hydrogen-bond acceptors (Lipinski definition) is 8. The molecule has 8 nitrogen and oxygen atoms in total. The summed E-state index contributed by atoms with van der Waals surface area (Å²) < 4.78 is 23.2. The average molecular weight is 519 g/mol. The van der Waals surface area contributed by atoms with Crippen molar-refractivity contribution in [1.29, 1.82) is 0 Å². The summed E-state index contributed by atoms with van der Waals surface area (Å²) in [5.74, 6) is -1.99. The van der Waals surface area contributed by atoms with Crippen LogP contribution in [0.5, 0.6) is 0 Å². The van der Waals surface area contributed by atoms with Gasteiger partial charge in [0.15, 0.2) is 0 Å². The van der Waals surface area contributed by atoms with E-state index in [2.05, 4.69) is 26.5 Å². The van der Waals surface area contributed by atoms with Gasteiger partial charge in [-0.15, -0.1) is 0 Å². The second-order valence-electron chi connectivity index (χ2n) is 11.2. The lowest BCUT2D eigenvalue weighted by atomic mass is 9.45. The first-order chi connectivity index (χ1) is 17.3. The van der Waals surface area contributed by atoms with Crippen LogP contribution in [0.1, 0.15) is 74.1 Å². The van der Waals surface area contributed by atoms with Gasteiger partial charge in [0.2, 0.25) is 12.6 Å². The minimum Gasteiger partial charge on any atom is -0.458 e. The molecular weight excluding hydrogens is 476 g/mol. The zero-order valence-electron chi connectivity index (χ0n) is 23.1. The number of aliphatic hydroxyl groups excluding tert-OH is 1. The van der Waals surface area contributed by atoms with E-state index in [4.69, 9.17) is 18.9 Å². The minimum absolute atomic E-state index is 0.0722. The lowest BCUT2D eigenvalue weighted by molar-refractivity contribution is -0.254. The highest BCUT2D eigenvalue weighted by atomic mass is 16.8. The number of carbonyl (C=O) groups excluding carboxylic acids is 3. The summed E-state index contributed by atoms with van der Waals surface area (Å²) in [4.78, 5) is 37.0. The van der Waals surface area contributed by atoms with Gasteiger partial charge in [-0.25, -0.2) is 0 Å². The maximum absolute atomic E-state index is 12.8. The summed E-state index contributed by atoms with van der Waals surface area (Å²) in [6.45, 7) is 16.4. The summed E-state index contributed by atoms with van der Waals surface area (Å²) in [6, 6.07) is 0. The summed E-state index contributed by atoms with van der Waals surface area (Å²) in [5, 5.41) is 11.7. The van der Waals surface area contributed by atoms with Crippen molar-refractivity contribution in [2.45, 2.75) is 98.9 Å². The van der Waals surface area contributed by atoms with E-state index in [0.717, 1.165) is 5.57 Å². The van der Waals surface area contributed by atoms with Crippen molar-refractivity contribution in [3.05, 3.63) is 36.0 Å². The average Bonchev–Trinajstić information content (AvgIpc) is 3.12. The smallest absolute Gasteiger partial charge is 0.309 e. The topological polar surface area (TPSA) is 108 Å². The Morgan fingerprint density at radius 2 is 1.84 bits per heavy atom. The second kappa shape index (κ2) is 11.1. The molecule has 1 saturated carbocycles. The third-order valence-electron chi connectivity index (χ3n) is 8.87. The predicted molar refractivity (Wildman–Crippen MR) is 137 cm³/mol. The largest absolute Gasteiger partial charge is 0.458 e. The molecule has 1 aliphatic heterocycles. The van der Waals surface area contributed by atoms with Gasteiger partial charge < -0.3 is 19.3 Å². The normalized spacial score (nSPS) is 37.9. The monoisotopic (exact) mass is 518 g/mol. The first kappa shape index (κ1) is 29.1. The van der Waals surface area contributed by atoms with Crippen LogP contribution in [0.3, 0.4) is 0 Å². The second-order valence-corrected chi connectivity index (χ2v) is 11.2. The maximum atomic E-state index is 12.8. The molecule has 0 radical (unpaired) electrons. The van der Waals surface area contributed by atoms with Crippen molar-refractivity contribution in [2.24, 2.45) is 28.6 Å². The summed E-state index contributed by atoms with van der Waals surface area (Å²) in [7, 11) is 0. The number of carbonyl (C=O) groups is 3. The number of rotatable bonds is 8. The number of esters is 3. The van der Waals surface area contributed by atoms with Gasteiger partial charge in [-0.1, -0.05) is 52.0 Å². The van der Waals surface area contributed by atoms with E-state index in [-0.39, 0.29) is 23.7 Å². The number of hydrogen-bond donors (Lipinski definition) is 1. The Kier molecular flexibility index (Phi) is 8.75. The summed E-state index contributed by atoms with van der Waals surface area (Å²) in [6.07, 6.45) is 3.89. The van der Waals surface area contributed by atoms with Crippen LogP contribution >= 0.6 is 0 Å². The molecule has 0 unspecified atom stereocenters. The standard InChI is InChI=1S/C29H42O8/c1-9-16(3)11-12-28(8)18(5)13-24(32)29-22(26(34-19(6)30)37-27(29)35-20(7)31)14-21(15-23(28)29)36-25(33)17(4)10-2/h9,11,14,17-18,21,23-24,26-27,32H,1,10,12-13,15H2,2-8H3/b16-11+/t17-,18-,21+,23+,24+,26+,27-,28-,29-/m0/s1. The zero-order valence-corrected chi connectivity index (χ0v) is 23.1. The van der Waals surface area contributed by atoms with E-state index in [1.807, 2.05) is 20.8 Å². The molecule has 3 aliphatic rings. The Bertz CT molecular complexity index is 982. The van der Waals surface area contributed by atoms with Crippen molar-refractivity contribution < 1.29 is 38.4 Å². The highest BCUT2D eigenvalue weighted by Crippen LogP contribution is 2.67. The minimum atomic E-state index is -1.17. The number of aliphatic hydroxyl groups is 1. The molecule has 0 aromatic carbocycles. The van der Waals surface area contributed by atoms with E-state index in [9.17, 15) is 19.5 Å². The molecule has 1 N–H and O–H groups in total. The van der Waals surface area contributed by atoms with Gasteiger partial charge in [0.05, 0.1) is 17.4 Å². The molecule has 3 rings (SSSR count). The van der Waals surface area contributed by atoms with Crippen LogP contribution in [0.25, 0.3) is 0 Å². The van der Waals surface area contributed by atoms with Crippen LogP contribution in [0.15, 0.2) is 36.0 Å². The Morgan fingerprint density at radius 3 is 2.41 bits per heavy atom. The SMILES string of the molecule is C=C/C(C)=C/C[C@]1(C)[C@H]2C[C@H](OC(=O)[C@@H](C)CC)C=C3[C@H](OC(C)=O)O[C@H](OC(C)=O)[C@@]32[C@H](O)C[C@@H]1C. The molecule has 0 bridgehead atoms. The van der Waals surface area contributed by atoms with Crippen molar-refractivity contribution in [1.82, 2.24) is 0 Å². The van der Waals surface area contributed by atoms with Crippen molar-refractivity contribution >= 4 is 17.9 Å². The molecule has 0 aromatic heterocycles. The molecule has 2 aliphatic carbocycles. The fraction of sp³-hybridized carbons (Fsp3) is 0.690. The maximum Gasteiger partial charge on any atom is 0.309 e. The fourth-order valence-corrected chi connectivity index (χ4v) is 6.30. The highest BCUT2D eigenvalue weighted by Gasteiger charge is 2.71. The Hall–Kier alpha value is -2.45. The van der Waals surface area contributed by atoms with Crippen LogP contribution in [0.2, 0.25) is 0 Å². The first-order valence-electron chi connectivity index (χ1n) is 13.2. The molecule has 1 saturated heterocycles. The van der Waals surface area contributed by atoms with E-state index in [1.54, 1.807) is 12.2 Å². The summed E-state index contributed by atoms with van der Waals surface area (Å²) in [5.41, 5.74) is -0.0572. The third kappa shape index (κ3) is 5.28. The van der Waals surface area contributed by atoms with Crippen molar-refractivity contribution in [2.75, 3.05) is 0 Å². The van der Waals surface area contributed by atoms with E-state index >= 15 is 0 Å². The van der Waals surface area contributed by atoms with Gasteiger partial charge in [-0.05, 0) is 55.9 Å². The summed E-state index contributed by atoms with van der Waals surface area (Å²) >= 11 is 0. The van der Waals surface area contributed by atoms with E-state index in [1.165, 1.54) is 13.8 Å². The van der Waals surface area contributed by atoms with E-state index < -0.39 is 47.6 Å². The molecule has 1 heterocycles. The molecule has 206 valence electrons. The predicted octanol–water partition coefficient (Wildman–Crippen LogP) is 4.62. The number of ether oxygens (including phenoxy) is 4. The van der Waals surface area contributed by atoms with Crippen LogP contribution in [0, 0.1) is 28.6 Å². The van der Waals surface area contributed by atoms with Crippen molar-refractivity contribution in [3.63, 3.8) is 0 Å². The Morgan fingerprint density at radius 1 is 1.19 bits per heavy atom. The molecule has 9 atom stereocenters. The van der Waals surface area contributed by atoms with Gasteiger partial charge in [0.1, 0.15) is 6.10 Å². The molecule has 0 aromatic rings. The van der Waals surface area contributed by atoms with Crippen LogP contribution in [-0.4, -0.2) is 47.8 Å². The lowest BCUT2D eigenvalue weighted by Gasteiger charge is -2.60. The first-order valence-corrected chi connectivity index (χ1v) is 13.2. The van der Waals surface area contributed by atoms with Crippen LogP contribution in [0.4, 0.5) is 0 Å². The molecule has 8 heteroatoms. The van der Waals surface area contributed by atoms with Crippen LogP contribution in [-0.2, 0) is 33.3 Å². The molecule has 1 spiro atoms.